The number of carbonyl (C=O) groups is 1. The lowest BCUT2D eigenvalue weighted by molar-refractivity contribution is -0.135. The summed E-state index contributed by atoms with van der Waals surface area (Å²) in [5, 5.41) is 0. The molecule has 0 N–H and O–H groups in total. The van der Waals surface area contributed by atoms with E-state index >= 15 is 0 Å². The van der Waals surface area contributed by atoms with Crippen molar-refractivity contribution in [1.29, 1.82) is 0 Å². The maximum absolute atomic E-state index is 13.0. The lowest BCUT2D eigenvalue weighted by atomic mass is 9.96. The van der Waals surface area contributed by atoms with Crippen LogP contribution >= 0.6 is 0 Å². The van der Waals surface area contributed by atoms with Crippen LogP contribution in [0.2, 0.25) is 0 Å². The van der Waals surface area contributed by atoms with Crippen molar-refractivity contribution in [2.45, 2.75) is 31.6 Å². The van der Waals surface area contributed by atoms with Crippen LogP contribution < -0.4 is 4.90 Å². The molecule has 3 saturated heterocycles. The number of hydrogen-bond acceptors (Lipinski definition) is 6. The summed E-state index contributed by atoms with van der Waals surface area (Å²) in [7, 11) is -3.15. The minimum absolute atomic E-state index is 0.0362. The van der Waals surface area contributed by atoms with E-state index in [9.17, 15) is 13.2 Å². The third-order valence-electron chi connectivity index (χ3n) is 7.06. The second-order valence-corrected chi connectivity index (χ2v) is 11.2. The van der Waals surface area contributed by atoms with Crippen LogP contribution in [0.25, 0.3) is 0 Å². The molecule has 0 aromatic carbocycles. The first-order valence-electron chi connectivity index (χ1n) is 10.7. The van der Waals surface area contributed by atoms with Crippen LogP contribution in [-0.2, 0) is 14.8 Å². The Kier molecular flexibility index (Phi) is 4.77. The summed E-state index contributed by atoms with van der Waals surface area (Å²) in [6.45, 7) is 4.44. The molecule has 29 heavy (non-hydrogen) atoms. The van der Waals surface area contributed by atoms with E-state index in [1.165, 1.54) is 29.1 Å². The average Bonchev–Trinajstić information content (AvgIpc) is 3.37. The van der Waals surface area contributed by atoms with Crippen molar-refractivity contribution < 1.29 is 13.2 Å². The molecule has 8 nitrogen and oxygen atoms in total. The highest BCUT2D eigenvalue weighted by Gasteiger charge is 2.44. The number of rotatable bonds is 4. The summed E-state index contributed by atoms with van der Waals surface area (Å²) in [5.74, 6) is 2.83. The van der Waals surface area contributed by atoms with Gasteiger partial charge in [0.05, 0.1) is 6.26 Å². The molecule has 1 saturated carbocycles. The summed E-state index contributed by atoms with van der Waals surface area (Å²) in [5.41, 5.74) is 1.17. The Labute approximate surface area is 172 Å². The number of likely N-dealkylation sites (tertiary alicyclic amines) is 1. The molecule has 5 rings (SSSR count). The number of anilines is 1. The van der Waals surface area contributed by atoms with Gasteiger partial charge in [0.2, 0.25) is 15.9 Å². The molecule has 0 spiro atoms. The van der Waals surface area contributed by atoms with Crippen molar-refractivity contribution in [2.24, 2.45) is 17.8 Å². The topological polar surface area (TPSA) is 86.7 Å². The molecule has 3 aliphatic heterocycles. The van der Waals surface area contributed by atoms with Crippen molar-refractivity contribution in [3.05, 3.63) is 18.1 Å². The fourth-order valence-electron chi connectivity index (χ4n) is 5.19. The molecule has 4 fully saturated rings. The van der Waals surface area contributed by atoms with Crippen molar-refractivity contribution in [3.63, 3.8) is 0 Å². The third kappa shape index (κ3) is 3.86. The number of fused-ring (bicyclic) bond motifs is 1. The molecule has 9 heteroatoms. The van der Waals surface area contributed by atoms with Crippen LogP contribution in [0.15, 0.2) is 12.4 Å². The van der Waals surface area contributed by atoms with Crippen molar-refractivity contribution in [3.8, 4) is 0 Å². The van der Waals surface area contributed by atoms with E-state index in [0.29, 0.717) is 43.7 Å². The number of nitrogens with zero attached hydrogens (tertiary/aromatic N) is 5. The lowest BCUT2D eigenvalue weighted by Crippen LogP contribution is -2.44. The maximum atomic E-state index is 13.0. The van der Waals surface area contributed by atoms with Crippen molar-refractivity contribution in [1.82, 2.24) is 19.2 Å². The number of aromatic nitrogens is 2. The standard InChI is InChI=1S/C20H29N5O3S/c1-29(27,28)25-6-4-15(5-7-25)20(26)24-11-16-9-23(10-17(16)12-24)19-8-18(14-2-3-14)21-13-22-19/h8,13-17H,2-7,9-12H2,1H3. The second kappa shape index (κ2) is 7.19. The second-order valence-electron chi connectivity index (χ2n) is 9.18. The molecule has 4 heterocycles. The van der Waals surface area contributed by atoms with E-state index < -0.39 is 10.0 Å². The Morgan fingerprint density at radius 2 is 1.66 bits per heavy atom. The van der Waals surface area contributed by atoms with Gasteiger partial charge in [0.15, 0.2) is 0 Å². The fraction of sp³-hybridized carbons (Fsp3) is 0.750. The van der Waals surface area contributed by atoms with Crippen LogP contribution in [0.4, 0.5) is 5.82 Å². The van der Waals surface area contributed by atoms with Crippen molar-refractivity contribution in [2.75, 3.05) is 50.4 Å². The van der Waals surface area contributed by atoms with Gasteiger partial charge in [-0.3, -0.25) is 4.79 Å². The minimum Gasteiger partial charge on any atom is -0.356 e. The molecular formula is C20H29N5O3S. The summed E-state index contributed by atoms with van der Waals surface area (Å²) in [6.07, 6.45) is 6.68. The van der Waals surface area contributed by atoms with Crippen LogP contribution in [0.3, 0.4) is 0 Å². The Balaban J connectivity index is 1.16. The van der Waals surface area contributed by atoms with E-state index in [2.05, 4.69) is 20.9 Å². The first-order valence-corrected chi connectivity index (χ1v) is 12.5. The van der Waals surface area contributed by atoms with E-state index in [-0.39, 0.29) is 11.8 Å². The monoisotopic (exact) mass is 419 g/mol. The predicted octanol–water partition coefficient (Wildman–Crippen LogP) is 0.920. The summed E-state index contributed by atoms with van der Waals surface area (Å²) >= 11 is 0. The Morgan fingerprint density at radius 3 is 2.24 bits per heavy atom. The molecule has 2 unspecified atom stereocenters. The molecule has 2 atom stereocenters. The molecule has 158 valence electrons. The number of piperidine rings is 1. The van der Waals surface area contributed by atoms with Crippen LogP contribution in [0.1, 0.15) is 37.3 Å². The summed E-state index contributed by atoms with van der Waals surface area (Å²) in [4.78, 5) is 26.3. The zero-order chi connectivity index (χ0) is 20.2. The van der Waals surface area contributed by atoms with Gasteiger partial charge >= 0.3 is 0 Å². The number of sulfonamides is 1. The van der Waals surface area contributed by atoms with Gasteiger partial charge in [0, 0.05) is 74.7 Å². The predicted molar refractivity (Wildman–Crippen MR) is 109 cm³/mol. The molecule has 1 aromatic heterocycles. The lowest BCUT2D eigenvalue weighted by Gasteiger charge is -2.32. The Bertz CT molecular complexity index is 881. The van der Waals surface area contributed by atoms with Crippen LogP contribution in [0, 0.1) is 17.8 Å². The van der Waals surface area contributed by atoms with Crippen LogP contribution in [-0.4, -0.2) is 79.0 Å². The zero-order valence-corrected chi connectivity index (χ0v) is 17.7. The number of hydrogen-bond donors (Lipinski definition) is 0. The van der Waals surface area contributed by atoms with Gasteiger partial charge in [-0.2, -0.15) is 0 Å². The van der Waals surface area contributed by atoms with E-state index in [0.717, 1.165) is 32.0 Å². The van der Waals surface area contributed by atoms with Gasteiger partial charge in [-0.15, -0.1) is 0 Å². The molecule has 0 radical (unpaired) electrons. The van der Waals surface area contributed by atoms with Crippen LogP contribution in [0.5, 0.6) is 0 Å². The quantitative estimate of drug-likeness (QED) is 0.721. The third-order valence-corrected chi connectivity index (χ3v) is 8.37. The highest BCUT2D eigenvalue weighted by Crippen LogP contribution is 2.40. The molecule has 4 aliphatic rings. The van der Waals surface area contributed by atoms with Gasteiger partial charge in [-0.25, -0.2) is 22.7 Å². The normalized spacial score (nSPS) is 28.7. The smallest absolute Gasteiger partial charge is 0.225 e. The highest BCUT2D eigenvalue weighted by molar-refractivity contribution is 7.88. The largest absolute Gasteiger partial charge is 0.356 e. The Hall–Kier alpha value is -1.74. The SMILES string of the molecule is CS(=O)(=O)N1CCC(C(=O)N2CC3CN(c4cc(C5CC5)ncn4)CC3C2)CC1. The first kappa shape index (κ1) is 19.2. The van der Waals surface area contributed by atoms with Crippen molar-refractivity contribution >= 4 is 21.7 Å². The van der Waals surface area contributed by atoms with E-state index in [1.54, 1.807) is 6.33 Å². The highest BCUT2D eigenvalue weighted by atomic mass is 32.2. The number of amides is 1. The first-order chi connectivity index (χ1) is 13.9. The fourth-order valence-corrected chi connectivity index (χ4v) is 6.06. The zero-order valence-electron chi connectivity index (χ0n) is 16.9. The van der Waals surface area contributed by atoms with E-state index in [4.69, 9.17) is 0 Å². The summed E-state index contributed by atoms with van der Waals surface area (Å²) < 4.78 is 24.8. The maximum Gasteiger partial charge on any atom is 0.225 e. The van der Waals surface area contributed by atoms with Gasteiger partial charge in [-0.1, -0.05) is 0 Å². The van der Waals surface area contributed by atoms with Gasteiger partial charge in [-0.05, 0) is 25.7 Å². The van der Waals surface area contributed by atoms with Gasteiger partial charge < -0.3 is 9.80 Å². The molecule has 1 aromatic rings. The molecule has 0 bridgehead atoms. The van der Waals surface area contributed by atoms with E-state index in [1.807, 2.05) is 4.90 Å². The molecular weight excluding hydrogens is 390 g/mol. The average molecular weight is 420 g/mol. The minimum atomic E-state index is -3.15. The Morgan fingerprint density at radius 1 is 1.00 bits per heavy atom. The molecule has 1 amide bonds. The molecule has 1 aliphatic carbocycles. The van der Waals surface area contributed by atoms with Gasteiger partial charge in [0.25, 0.3) is 0 Å². The van der Waals surface area contributed by atoms with Gasteiger partial charge in [0.1, 0.15) is 12.1 Å². The summed E-state index contributed by atoms with van der Waals surface area (Å²) in [6, 6.07) is 2.15. The number of carbonyl (C=O) groups excluding carboxylic acids is 1.